The van der Waals surface area contributed by atoms with Gasteiger partial charge in [0.1, 0.15) is 11.6 Å². The summed E-state index contributed by atoms with van der Waals surface area (Å²) >= 11 is 0. The molecule has 0 bridgehead atoms. The van der Waals surface area contributed by atoms with E-state index in [9.17, 15) is 9.59 Å². The molecule has 0 aromatic rings. The first kappa shape index (κ1) is 16.1. The van der Waals surface area contributed by atoms with Crippen molar-refractivity contribution >= 4 is 12.0 Å². The van der Waals surface area contributed by atoms with Crippen molar-refractivity contribution in [1.29, 1.82) is 0 Å². The molecular formula is C15H27N3O3. The SMILES string of the molecule is CC1C(C)N1C(=O)C1C(N)CCCN1C(=O)OC(C)(C)C. The number of nitrogens with two attached hydrogens (primary N) is 1. The Balaban J connectivity index is 2.14. The summed E-state index contributed by atoms with van der Waals surface area (Å²) in [6, 6.07) is -0.459. The van der Waals surface area contributed by atoms with Crippen LogP contribution in [-0.4, -0.2) is 58.1 Å². The number of hydrogen-bond donors (Lipinski definition) is 1. The molecule has 2 N–H and O–H groups in total. The van der Waals surface area contributed by atoms with Crippen LogP contribution in [0.3, 0.4) is 0 Å². The van der Waals surface area contributed by atoms with Crippen LogP contribution < -0.4 is 5.73 Å². The van der Waals surface area contributed by atoms with E-state index in [0.29, 0.717) is 6.54 Å². The van der Waals surface area contributed by atoms with Gasteiger partial charge in [-0.3, -0.25) is 9.69 Å². The molecule has 4 unspecified atom stereocenters. The Morgan fingerprint density at radius 3 is 2.24 bits per heavy atom. The second kappa shape index (κ2) is 5.48. The maximum absolute atomic E-state index is 12.7. The molecule has 0 aliphatic carbocycles. The third kappa shape index (κ3) is 3.31. The van der Waals surface area contributed by atoms with Gasteiger partial charge in [0, 0.05) is 24.7 Å². The lowest BCUT2D eigenvalue weighted by atomic mass is 9.96. The van der Waals surface area contributed by atoms with E-state index < -0.39 is 17.7 Å². The molecule has 2 rings (SSSR count). The Kier molecular flexibility index (Phi) is 4.19. The van der Waals surface area contributed by atoms with Gasteiger partial charge in [0.2, 0.25) is 5.91 Å². The summed E-state index contributed by atoms with van der Waals surface area (Å²) < 4.78 is 5.42. The van der Waals surface area contributed by atoms with Crippen LogP contribution in [0.1, 0.15) is 47.5 Å². The summed E-state index contributed by atoms with van der Waals surface area (Å²) in [4.78, 5) is 28.3. The quantitative estimate of drug-likeness (QED) is 0.741. The van der Waals surface area contributed by atoms with E-state index >= 15 is 0 Å². The van der Waals surface area contributed by atoms with E-state index in [0.717, 1.165) is 12.8 Å². The van der Waals surface area contributed by atoms with Gasteiger partial charge >= 0.3 is 6.09 Å². The van der Waals surface area contributed by atoms with Crippen LogP contribution >= 0.6 is 0 Å². The predicted molar refractivity (Wildman–Crippen MR) is 79.7 cm³/mol. The van der Waals surface area contributed by atoms with Crippen LogP contribution in [0.25, 0.3) is 0 Å². The standard InChI is InChI=1S/C15H27N3O3/c1-9-10(2)18(9)13(19)12-11(16)7-6-8-17(12)14(20)21-15(3,4)5/h9-12H,6-8,16H2,1-5H3. The molecule has 21 heavy (non-hydrogen) atoms. The van der Waals surface area contributed by atoms with Gasteiger partial charge in [-0.1, -0.05) is 0 Å². The molecule has 0 saturated carbocycles. The predicted octanol–water partition coefficient (Wildman–Crippen LogP) is 1.33. The van der Waals surface area contributed by atoms with Gasteiger partial charge in [-0.15, -0.1) is 0 Å². The molecule has 2 aliphatic rings. The van der Waals surface area contributed by atoms with Gasteiger partial charge in [0.15, 0.2) is 0 Å². The highest BCUT2D eigenvalue weighted by molar-refractivity contribution is 5.89. The van der Waals surface area contributed by atoms with Crippen molar-refractivity contribution < 1.29 is 14.3 Å². The molecule has 2 saturated heterocycles. The highest BCUT2D eigenvalue weighted by Gasteiger charge is 2.50. The minimum atomic E-state index is -0.596. The van der Waals surface area contributed by atoms with Crippen molar-refractivity contribution in [1.82, 2.24) is 9.80 Å². The van der Waals surface area contributed by atoms with Gasteiger partial charge in [-0.25, -0.2) is 4.79 Å². The Bertz CT molecular complexity index is 424. The van der Waals surface area contributed by atoms with E-state index in [1.165, 1.54) is 4.90 Å². The van der Waals surface area contributed by atoms with Gasteiger partial charge < -0.3 is 15.4 Å². The fraction of sp³-hybridized carbons (Fsp3) is 0.867. The maximum Gasteiger partial charge on any atom is 0.411 e. The van der Waals surface area contributed by atoms with Gasteiger partial charge in [0.25, 0.3) is 0 Å². The number of carbonyl (C=O) groups is 2. The molecule has 6 nitrogen and oxygen atoms in total. The Labute approximate surface area is 126 Å². The molecule has 2 heterocycles. The molecule has 2 amide bonds. The van der Waals surface area contributed by atoms with Crippen molar-refractivity contribution in [3.8, 4) is 0 Å². The normalized spacial score (nSPS) is 32.9. The van der Waals surface area contributed by atoms with Crippen LogP contribution in [-0.2, 0) is 9.53 Å². The molecule has 2 fully saturated rings. The highest BCUT2D eigenvalue weighted by atomic mass is 16.6. The third-order valence-corrected chi connectivity index (χ3v) is 4.30. The molecule has 120 valence electrons. The molecule has 4 atom stereocenters. The second-order valence-corrected chi connectivity index (χ2v) is 7.15. The number of piperidine rings is 1. The van der Waals surface area contributed by atoms with Gasteiger partial charge in [-0.05, 0) is 47.5 Å². The van der Waals surface area contributed by atoms with Gasteiger partial charge in [-0.2, -0.15) is 0 Å². The Hall–Kier alpha value is -1.30. The third-order valence-electron chi connectivity index (χ3n) is 4.30. The molecule has 0 radical (unpaired) electrons. The van der Waals surface area contributed by atoms with Crippen molar-refractivity contribution in [2.75, 3.05) is 6.54 Å². The van der Waals surface area contributed by atoms with Crippen molar-refractivity contribution in [3.63, 3.8) is 0 Å². The van der Waals surface area contributed by atoms with E-state index in [-0.39, 0.29) is 24.0 Å². The summed E-state index contributed by atoms with van der Waals surface area (Å²) in [5.74, 6) is -0.0481. The smallest absolute Gasteiger partial charge is 0.411 e. The van der Waals surface area contributed by atoms with E-state index in [1.807, 2.05) is 34.6 Å². The van der Waals surface area contributed by atoms with Crippen LogP contribution in [0.15, 0.2) is 0 Å². The largest absolute Gasteiger partial charge is 0.444 e. The lowest BCUT2D eigenvalue weighted by molar-refractivity contribution is -0.134. The fourth-order valence-electron chi connectivity index (χ4n) is 2.93. The molecule has 2 aliphatic heterocycles. The van der Waals surface area contributed by atoms with E-state index in [1.54, 1.807) is 4.90 Å². The number of carbonyl (C=O) groups excluding carboxylic acids is 2. The van der Waals surface area contributed by atoms with Crippen LogP contribution in [0, 0.1) is 0 Å². The average Bonchev–Trinajstić information content (AvgIpc) is 2.94. The minimum absolute atomic E-state index is 0.0481. The zero-order valence-corrected chi connectivity index (χ0v) is 13.6. The molecule has 0 aromatic carbocycles. The van der Waals surface area contributed by atoms with Crippen molar-refractivity contribution in [3.05, 3.63) is 0 Å². The average molecular weight is 297 g/mol. The number of amides is 2. The summed E-state index contributed by atoms with van der Waals surface area (Å²) in [6.45, 7) is 10.00. The first-order valence-corrected chi connectivity index (χ1v) is 7.71. The van der Waals surface area contributed by atoms with Crippen molar-refractivity contribution in [2.24, 2.45) is 5.73 Å². The Morgan fingerprint density at radius 1 is 1.19 bits per heavy atom. The summed E-state index contributed by atoms with van der Waals surface area (Å²) in [6.07, 6.45) is 1.11. The minimum Gasteiger partial charge on any atom is -0.444 e. The second-order valence-electron chi connectivity index (χ2n) is 7.15. The molecule has 0 spiro atoms. The van der Waals surface area contributed by atoms with Gasteiger partial charge in [0.05, 0.1) is 0 Å². The fourth-order valence-corrected chi connectivity index (χ4v) is 2.93. The van der Waals surface area contributed by atoms with Crippen LogP contribution in [0.4, 0.5) is 4.79 Å². The molecule has 6 heteroatoms. The van der Waals surface area contributed by atoms with Crippen LogP contribution in [0.2, 0.25) is 0 Å². The summed E-state index contributed by atoms with van der Waals surface area (Å²) in [5.41, 5.74) is 5.55. The maximum atomic E-state index is 12.7. The first-order valence-electron chi connectivity index (χ1n) is 7.71. The van der Waals surface area contributed by atoms with E-state index in [2.05, 4.69) is 0 Å². The molecule has 0 aromatic heterocycles. The number of ether oxygens (including phenoxy) is 1. The zero-order valence-electron chi connectivity index (χ0n) is 13.6. The number of rotatable bonds is 1. The monoisotopic (exact) mass is 297 g/mol. The number of nitrogens with zero attached hydrogens (tertiary/aromatic N) is 2. The molecular weight excluding hydrogens is 270 g/mol. The lowest BCUT2D eigenvalue weighted by Gasteiger charge is -2.39. The number of likely N-dealkylation sites (tertiary alicyclic amines) is 1. The zero-order chi connectivity index (χ0) is 15.9. The van der Waals surface area contributed by atoms with E-state index in [4.69, 9.17) is 10.5 Å². The first-order chi connectivity index (χ1) is 9.63. The highest BCUT2D eigenvalue weighted by Crippen LogP contribution is 2.31. The summed E-state index contributed by atoms with van der Waals surface area (Å²) in [7, 11) is 0. The van der Waals surface area contributed by atoms with Crippen LogP contribution in [0.5, 0.6) is 0 Å². The number of hydrogen-bond acceptors (Lipinski definition) is 4. The topological polar surface area (TPSA) is 75.6 Å². The van der Waals surface area contributed by atoms with Crippen molar-refractivity contribution in [2.45, 2.75) is 77.2 Å². The summed E-state index contributed by atoms with van der Waals surface area (Å²) in [5, 5.41) is 0. The lowest BCUT2D eigenvalue weighted by Crippen LogP contribution is -2.60. The Morgan fingerprint density at radius 2 is 1.76 bits per heavy atom.